The first-order valence-electron chi connectivity index (χ1n) is 12.9. The van der Waals surface area contributed by atoms with E-state index in [2.05, 4.69) is 130 Å². The summed E-state index contributed by atoms with van der Waals surface area (Å²) >= 11 is 1.36. The van der Waals surface area contributed by atoms with Crippen molar-refractivity contribution >= 4 is 40.8 Å². The second-order valence-corrected chi connectivity index (χ2v) is 9.85. The van der Waals surface area contributed by atoms with Crippen LogP contribution < -0.4 is 0 Å². The summed E-state index contributed by atoms with van der Waals surface area (Å²) in [6.07, 6.45) is 3.79. The zero-order valence-corrected chi connectivity index (χ0v) is 28.2. The molecule has 7 rings (SSSR count). The second kappa shape index (κ2) is 15.5. The molecule has 0 saturated carbocycles. The van der Waals surface area contributed by atoms with Crippen molar-refractivity contribution in [1.29, 1.82) is 0 Å². The van der Waals surface area contributed by atoms with Crippen molar-refractivity contribution in [3.8, 4) is 22.3 Å². The Morgan fingerprint density at radius 2 is 1.20 bits per heavy atom. The standard InChI is InChI=1S/C19H17.C16H13.2CH3.ClH.Si.Zr/c1-13-10-16-12-15-8-5-9-17(15)19(18(16)11-13)14-6-3-2-4-7-14;1-12-10-14-8-5-9-15(16(14)11-12)13-6-3-2-4-7-13;;;;;/h2-4,6-7,10-12H,5,8-9H2,1H3;2-11H,1H3;2*1H3;1H;;/q4*-1;;;. The Balaban J connectivity index is 0.000000249. The Labute approximate surface area is 264 Å². The third kappa shape index (κ3) is 7.03. The van der Waals surface area contributed by atoms with Gasteiger partial charge in [0, 0.05) is 0 Å². The zero-order valence-electron chi connectivity index (χ0n) is 23.9. The minimum absolute atomic E-state index is 0. The average molecular weight is 636 g/mol. The van der Waals surface area contributed by atoms with Crippen LogP contribution in [0.5, 0.6) is 0 Å². The van der Waals surface area contributed by atoms with E-state index in [9.17, 15) is 0 Å². The van der Waals surface area contributed by atoms with Gasteiger partial charge < -0.3 is 14.9 Å². The molecule has 0 aromatic heterocycles. The van der Waals surface area contributed by atoms with Crippen LogP contribution in [0, 0.1) is 28.7 Å². The Hall–Kier alpha value is -2.51. The molecular weight excluding hydrogens is 599 g/mol. The van der Waals surface area contributed by atoms with Gasteiger partial charge in [0.1, 0.15) is 0 Å². The Morgan fingerprint density at radius 3 is 1.85 bits per heavy atom. The van der Waals surface area contributed by atoms with Gasteiger partial charge in [0.15, 0.2) is 0 Å². The molecule has 2 radical (unpaired) electrons. The van der Waals surface area contributed by atoms with E-state index in [0.717, 1.165) is 0 Å². The number of halogens is 1. The van der Waals surface area contributed by atoms with Crippen LogP contribution in [0.2, 0.25) is 0 Å². The van der Waals surface area contributed by atoms with E-state index < -0.39 is 0 Å². The first-order valence-corrected chi connectivity index (χ1v) is 17.1. The third-order valence-electron chi connectivity index (χ3n) is 7.27. The summed E-state index contributed by atoms with van der Waals surface area (Å²) in [7, 11) is 0. The zero-order chi connectivity index (χ0) is 25.8. The van der Waals surface area contributed by atoms with E-state index >= 15 is 0 Å². The van der Waals surface area contributed by atoms with Gasteiger partial charge >= 0.3 is 30.2 Å². The second-order valence-electron chi connectivity index (χ2n) is 9.85. The Morgan fingerprint density at radius 1 is 0.625 bits per heavy atom. The van der Waals surface area contributed by atoms with Crippen molar-refractivity contribution in [2.24, 2.45) is 0 Å². The van der Waals surface area contributed by atoms with Gasteiger partial charge in [0.2, 0.25) is 0 Å². The van der Waals surface area contributed by atoms with Crippen LogP contribution in [0.4, 0.5) is 0 Å². The molecule has 0 atom stereocenters. The fraction of sp³-hybridized carbons (Fsp3) is 0.135. The molecule has 40 heavy (non-hydrogen) atoms. The van der Waals surface area contributed by atoms with Crippen molar-refractivity contribution < 1.29 is 23.3 Å². The minimum atomic E-state index is 0. The first kappa shape index (κ1) is 33.7. The first-order chi connectivity index (χ1) is 18.2. The van der Waals surface area contributed by atoms with E-state index in [-0.39, 0.29) is 27.3 Å². The summed E-state index contributed by atoms with van der Waals surface area (Å²) in [4.78, 5) is 0. The van der Waals surface area contributed by atoms with Crippen molar-refractivity contribution in [2.45, 2.75) is 33.1 Å². The van der Waals surface area contributed by atoms with Crippen LogP contribution in [0.25, 0.3) is 43.8 Å². The van der Waals surface area contributed by atoms with Crippen molar-refractivity contribution in [1.82, 2.24) is 0 Å². The van der Waals surface area contributed by atoms with Crippen LogP contribution in [-0.2, 0) is 36.2 Å². The molecule has 0 nitrogen and oxygen atoms in total. The molecule has 6 aromatic carbocycles. The van der Waals surface area contributed by atoms with E-state index in [1.54, 1.807) is 11.1 Å². The van der Waals surface area contributed by atoms with Gasteiger partial charge in [-0.05, 0) is 30.4 Å². The molecule has 0 amide bonds. The van der Waals surface area contributed by atoms with Crippen LogP contribution >= 0.6 is 12.4 Å². The van der Waals surface area contributed by atoms with Gasteiger partial charge in [0.25, 0.3) is 0 Å². The summed E-state index contributed by atoms with van der Waals surface area (Å²) in [5.41, 5.74) is 11.3. The molecule has 0 fully saturated rings. The van der Waals surface area contributed by atoms with Crippen LogP contribution in [0.3, 0.4) is 0 Å². The maximum atomic E-state index is 3.06. The fourth-order valence-electron chi connectivity index (χ4n) is 5.76. The van der Waals surface area contributed by atoms with Gasteiger partial charge in [-0.25, -0.2) is 0 Å². The SMILES string of the molecule is Cc1cc2c(-c3ccccc3)c3c(cc2[cH-]1)CCC3.Cc1cc2c(-c3ccccc3)cccc2[cH-]1.Cl.[CH3-].[CH3-].[Si]=[Zr]. The molecule has 0 heterocycles. The van der Waals surface area contributed by atoms with Crippen molar-refractivity contribution in [3.63, 3.8) is 0 Å². The van der Waals surface area contributed by atoms with E-state index in [1.807, 2.05) is 0 Å². The molecular formula is C37H37ClSiZr-4. The number of aryl methyl sites for hydroxylation is 3. The summed E-state index contributed by atoms with van der Waals surface area (Å²) < 4.78 is 0. The van der Waals surface area contributed by atoms with Gasteiger partial charge in [-0.1, -0.05) is 103 Å². The average Bonchev–Trinajstić information content (AvgIpc) is 3.66. The van der Waals surface area contributed by atoms with Crippen LogP contribution in [0.1, 0.15) is 28.7 Å². The molecule has 0 saturated heterocycles. The summed E-state index contributed by atoms with van der Waals surface area (Å²) in [6.45, 7) is 7.40. The summed E-state index contributed by atoms with van der Waals surface area (Å²) in [5.74, 6) is 0. The quantitative estimate of drug-likeness (QED) is 0.131. The number of fused-ring (bicyclic) bond motifs is 3. The number of hydrogen-bond acceptors (Lipinski definition) is 0. The maximum absolute atomic E-state index is 3.06. The molecule has 0 bridgehead atoms. The molecule has 0 spiro atoms. The Kier molecular flexibility index (Phi) is 13.0. The molecule has 0 aliphatic heterocycles. The molecule has 0 N–H and O–H groups in total. The summed E-state index contributed by atoms with van der Waals surface area (Å²) in [5, 5.41) is 5.53. The van der Waals surface area contributed by atoms with E-state index in [4.69, 9.17) is 0 Å². The normalized spacial score (nSPS) is 11.0. The van der Waals surface area contributed by atoms with E-state index in [1.165, 1.54) is 97.5 Å². The van der Waals surface area contributed by atoms with E-state index in [0.29, 0.717) is 0 Å². The van der Waals surface area contributed by atoms with Gasteiger partial charge in [0.05, 0.1) is 0 Å². The number of hydrogen-bond donors (Lipinski definition) is 0. The van der Waals surface area contributed by atoms with Gasteiger partial charge in [-0.15, -0.1) is 75.4 Å². The number of benzene rings is 4. The topological polar surface area (TPSA) is 0 Å². The van der Waals surface area contributed by atoms with Crippen LogP contribution in [-0.4, -0.2) is 6.88 Å². The molecule has 1 aliphatic rings. The van der Waals surface area contributed by atoms with Gasteiger partial charge in [-0.3, -0.25) is 0 Å². The Bertz CT molecular complexity index is 1640. The predicted octanol–water partition coefficient (Wildman–Crippen LogP) is 10.5. The molecule has 204 valence electrons. The molecule has 0 unspecified atom stereocenters. The number of rotatable bonds is 2. The van der Waals surface area contributed by atoms with Gasteiger partial charge in [-0.2, -0.15) is 12.1 Å². The summed E-state index contributed by atoms with van der Waals surface area (Å²) in [6, 6.07) is 39.5. The molecule has 1 aliphatic carbocycles. The predicted molar refractivity (Wildman–Crippen MR) is 177 cm³/mol. The molecule has 6 aromatic rings. The molecule has 3 heteroatoms. The van der Waals surface area contributed by atoms with Crippen molar-refractivity contribution in [2.75, 3.05) is 0 Å². The fourth-order valence-corrected chi connectivity index (χ4v) is 5.76. The van der Waals surface area contributed by atoms with Crippen LogP contribution in [0.15, 0.2) is 109 Å². The van der Waals surface area contributed by atoms with Crippen molar-refractivity contribution in [3.05, 3.63) is 146 Å². The monoisotopic (exact) mass is 634 g/mol. The third-order valence-corrected chi connectivity index (χ3v) is 7.27.